The fraction of sp³-hybridized carbons (Fsp3) is 0.250. The smallest absolute Gasteiger partial charge is 0.416 e. The zero-order valence-electron chi connectivity index (χ0n) is 12.0. The molecule has 20 heavy (non-hydrogen) atoms. The average molecular weight is 290 g/mol. The first kappa shape index (κ1) is 14.7. The standard InChI is InChI=1S/C16H19O3P/c1-4-20(17,18-15-9-5-7-13(2)11-15)19-16-10-6-8-14(3)12-16/h5-12H,4H2,1-3H3. The van der Waals surface area contributed by atoms with Crippen LogP contribution in [0.3, 0.4) is 0 Å². The Balaban J connectivity index is 2.19. The molecule has 0 N–H and O–H groups in total. The highest BCUT2D eigenvalue weighted by Crippen LogP contribution is 2.48. The van der Waals surface area contributed by atoms with E-state index in [-0.39, 0.29) is 0 Å². The van der Waals surface area contributed by atoms with Crippen LogP contribution in [0.2, 0.25) is 0 Å². The molecule has 0 saturated carbocycles. The molecule has 0 radical (unpaired) electrons. The van der Waals surface area contributed by atoms with E-state index in [0.29, 0.717) is 17.7 Å². The molecule has 0 unspecified atom stereocenters. The van der Waals surface area contributed by atoms with E-state index in [0.717, 1.165) is 11.1 Å². The molecule has 0 amide bonds. The minimum Gasteiger partial charge on any atom is -0.416 e. The first-order valence-corrected chi connectivity index (χ1v) is 8.35. The molecule has 106 valence electrons. The van der Waals surface area contributed by atoms with E-state index in [9.17, 15) is 4.57 Å². The number of hydrogen-bond acceptors (Lipinski definition) is 3. The quantitative estimate of drug-likeness (QED) is 0.729. The van der Waals surface area contributed by atoms with Crippen molar-refractivity contribution in [1.82, 2.24) is 0 Å². The summed E-state index contributed by atoms with van der Waals surface area (Å²) in [6.07, 6.45) is 0.314. The minimum absolute atomic E-state index is 0.314. The summed E-state index contributed by atoms with van der Waals surface area (Å²) in [6, 6.07) is 14.9. The third kappa shape index (κ3) is 3.88. The van der Waals surface area contributed by atoms with Crippen LogP contribution in [-0.4, -0.2) is 6.16 Å². The molecule has 2 rings (SSSR count). The van der Waals surface area contributed by atoms with Gasteiger partial charge in [0.15, 0.2) is 0 Å². The van der Waals surface area contributed by atoms with Crippen molar-refractivity contribution < 1.29 is 13.6 Å². The van der Waals surface area contributed by atoms with Crippen LogP contribution in [0.4, 0.5) is 0 Å². The average Bonchev–Trinajstić information content (AvgIpc) is 2.38. The molecule has 0 fully saturated rings. The predicted molar refractivity (Wildman–Crippen MR) is 81.8 cm³/mol. The minimum atomic E-state index is -3.18. The van der Waals surface area contributed by atoms with Crippen LogP contribution in [0.5, 0.6) is 11.5 Å². The van der Waals surface area contributed by atoms with Crippen LogP contribution < -0.4 is 9.05 Å². The largest absolute Gasteiger partial charge is 0.430 e. The summed E-state index contributed by atoms with van der Waals surface area (Å²) in [6.45, 7) is 5.72. The SMILES string of the molecule is CCP(=O)(Oc1cccc(C)c1)Oc1cccc(C)c1. The van der Waals surface area contributed by atoms with Gasteiger partial charge in [0, 0.05) is 0 Å². The summed E-state index contributed by atoms with van der Waals surface area (Å²) in [5, 5.41) is 0. The van der Waals surface area contributed by atoms with Crippen molar-refractivity contribution in [2.24, 2.45) is 0 Å². The van der Waals surface area contributed by atoms with Gasteiger partial charge < -0.3 is 9.05 Å². The van der Waals surface area contributed by atoms with Crippen LogP contribution in [0.25, 0.3) is 0 Å². The van der Waals surface area contributed by atoms with Gasteiger partial charge in [-0.05, 0) is 49.2 Å². The summed E-state index contributed by atoms with van der Waals surface area (Å²) in [5.74, 6) is 1.14. The molecule has 0 bridgehead atoms. The number of hydrogen-bond donors (Lipinski definition) is 0. The summed E-state index contributed by atoms with van der Waals surface area (Å²) < 4.78 is 23.9. The first-order chi connectivity index (χ1) is 9.50. The maximum absolute atomic E-state index is 12.7. The van der Waals surface area contributed by atoms with Crippen molar-refractivity contribution in [2.45, 2.75) is 20.8 Å². The highest BCUT2D eigenvalue weighted by atomic mass is 31.2. The molecule has 0 heterocycles. The van der Waals surface area contributed by atoms with Crippen LogP contribution in [0.1, 0.15) is 18.1 Å². The van der Waals surface area contributed by atoms with Crippen molar-refractivity contribution in [3.05, 3.63) is 59.7 Å². The van der Waals surface area contributed by atoms with E-state index in [1.807, 2.05) is 50.2 Å². The fourth-order valence-electron chi connectivity index (χ4n) is 1.81. The predicted octanol–water partition coefficient (Wildman–Crippen LogP) is 4.97. The second-order valence-electron chi connectivity index (χ2n) is 4.74. The zero-order chi connectivity index (χ0) is 14.6. The summed E-state index contributed by atoms with van der Waals surface area (Å²) >= 11 is 0. The monoisotopic (exact) mass is 290 g/mol. The van der Waals surface area contributed by atoms with E-state index in [1.165, 1.54) is 0 Å². The van der Waals surface area contributed by atoms with E-state index in [4.69, 9.17) is 9.05 Å². The number of benzene rings is 2. The topological polar surface area (TPSA) is 35.5 Å². The Morgan fingerprint density at radius 2 is 1.35 bits per heavy atom. The van der Waals surface area contributed by atoms with Crippen molar-refractivity contribution in [3.8, 4) is 11.5 Å². The third-order valence-electron chi connectivity index (χ3n) is 2.86. The van der Waals surface area contributed by atoms with Gasteiger partial charge in [0.25, 0.3) is 0 Å². The highest BCUT2D eigenvalue weighted by Gasteiger charge is 2.25. The lowest BCUT2D eigenvalue weighted by Gasteiger charge is -2.19. The van der Waals surface area contributed by atoms with Crippen molar-refractivity contribution in [3.63, 3.8) is 0 Å². The molecular weight excluding hydrogens is 271 g/mol. The van der Waals surface area contributed by atoms with E-state index in [2.05, 4.69) is 0 Å². The molecule has 0 aliphatic heterocycles. The zero-order valence-corrected chi connectivity index (χ0v) is 12.9. The lowest BCUT2D eigenvalue weighted by Crippen LogP contribution is -2.03. The Morgan fingerprint density at radius 3 is 1.70 bits per heavy atom. The van der Waals surface area contributed by atoms with Crippen LogP contribution in [-0.2, 0) is 4.57 Å². The van der Waals surface area contributed by atoms with Gasteiger partial charge in [-0.25, -0.2) is 4.57 Å². The van der Waals surface area contributed by atoms with Gasteiger partial charge in [0.1, 0.15) is 11.5 Å². The summed E-state index contributed by atoms with van der Waals surface area (Å²) in [4.78, 5) is 0. The Labute approximate surface area is 120 Å². The molecule has 0 aliphatic rings. The molecule has 4 heteroatoms. The van der Waals surface area contributed by atoms with Gasteiger partial charge in [0.05, 0.1) is 6.16 Å². The van der Waals surface area contributed by atoms with Crippen LogP contribution >= 0.6 is 7.60 Å². The van der Waals surface area contributed by atoms with Crippen molar-refractivity contribution in [2.75, 3.05) is 6.16 Å². The van der Waals surface area contributed by atoms with Gasteiger partial charge in [-0.1, -0.05) is 31.2 Å². The van der Waals surface area contributed by atoms with Gasteiger partial charge in [-0.2, -0.15) is 0 Å². The molecule has 0 aliphatic carbocycles. The van der Waals surface area contributed by atoms with Gasteiger partial charge in [0.2, 0.25) is 0 Å². The van der Waals surface area contributed by atoms with Crippen LogP contribution in [0.15, 0.2) is 48.5 Å². The second kappa shape index (κ2) is 6.15. The van der Waals surface area contributed by atoms with E-state index < -0.39 is 7.60 Å². The fourth-order valence-corrected chi connectivity index (χ4v) is 2.98. The third-order valence-corrected chi connectivity index (χ3v) is 4.61. The molecule has 3 nitrogen and oxygen atoms in total. The highest BCUT2D eigenvalue weighted by molar-refractivity contribution is 7.54. The van der Waals surface area contributed by atoms with Crippen molar-refractivity contribution >= 4 is 7.60 Å². The summed E-state index contributed by atoms with van der Waals surface area (Å²) in [7, 11) is -3.18. The maximum Gasteiger partial charge on any atom is 0.430 e. The van der Waals surface area contributed by atoms with Crippen molar-refractivity contribution in [1.29, 1.82) is 0 Å². The normalized spacial score (nSPS) is 11.2. The first-order valence-electron chi connectivity index (χ1n) is 6.62. The summed E-state index contributed by atoms with van der Waals surface area (Å²) in [5.41, 5.74) is 2.11. The second-order valence-corrected chi connectivity index (χ2v) is 6.96. The Morgan fingerprint density at radius 1 is 0.900 bits per heavy atom. The number of rotatable bonds is 5. The molecule has 0 atom stereocenters. The van der Waals surface area contributed by atoms with Gasteiger partial charge in [-0.15, -0.1) is 0 Å². The number of aryl methyl sites for hydroxylation is 2. The molecule has 2 aromatic rings. The van der Waals surface area contributed by atoms with E-state index >= 15 is 0 Å². The molecule has 0 saturated heterocycles. The Kier molecular flexibility index (Phi) is 4.51. The van der Waals surface area contributed by atoms with E-state index in [1.54, 1.807) is 19.1 Å². The molecule has 0 aromatic heterocycles. The lowest BCUT2D eigenvalue weighted by atomic mass is 10.2. The molecule has 0 spiro atoms. The Hall–Kier alpha value is -1.73. The molecular formula is C16H19O3P. The lowest BCUT2D eigenvalue weighted by molar-refractivity contribution is 0.387. The van der Waals surface area contributed by atoms with Crippen LogP contribution in [0, 0.1) is 13.8 Å². The Bertz CT molecular complexity index is 586. The van der Waals surface area contributed by atoms with Gasteiger partial charge >= 0.3 is 7.60 Å². The molecule has 2 aromatic carbocycles. The maximum atomic E-state index is 12.7. The van der Waals surface area contributed by atoms with Gasteiger partial charge in [-0.3, -0.25) is 0 Å².